The summed E-state index contributed by atoms with van der Waals surface area (Å²) < 4.78 is 5.30. The van der Waals surface area contributed by atoms with Crippen molar-refractivity contribution in [3.8, 4) is 5.75 Å². The van der Waals surface area contributed by atoms with Crippen LogP contribution >= 0.6 is 0 Å². The number of methoxy groups -OCH3 is 1. The highest BCUT2D eigenvalue weighted by Gasteiger charge is 2.36. The molecule has 0 bridgehead atoms. The number of anilines is 2. The van der Waals surface area contributed by atoms with Gasteiger partial charge in [-0.2, -0.15) is 0 Å². The topological polar surface area (TPSA) is 95.9 Å². The molecule has 140 valence electrons. The third-order valence-corrected chi connectivity index (χ3v) is 4.60. The van der Waals surface area contributed by atoms with Gasteiger partial charge >= 0.3 is 5.97 Å². The fourth-order valence-corrected chi connectivity index (χ4v) is 3.19. The lowest BCUT2D eigenvalue weighted by molar-refractivity contribution is -0.122. The summed E-state index contributed by atoms with van der Waals surface area (Å²) in [5.41, 5.74) is 1.89. The molecule has 1 heterocycles. The van der Waals surface area contributed by atoms with Crippen LogP contribution in [-0.2, 0) is 9.59 Å². The Morgan fingerprint density at radius 3 is 2.63 bits per heavy atom. The minimum atomic E-state index is -1.01. The largest absolute Gasteiger partial charge is 0.495 e. The van der Waals surface area contributed by atoms with Crippen molar-refractivity contribution < 1.29 is 24.2 Å². The molecule has 1 aliphatic rings. The molecule has 0 saturated carbocycles. The predicted molar refractivity (Wildman–Crippen MR) is 100 cm³/mol. The number of carboxylic acids is 1. The number of ether oxygens (including phenoxy) is 1. The number of hydrogen-bond donors (Lipinski definition) is 2. The molecule has 0 radical (unpaired) electrons. The quantitative estimate of drug-likeness (QED) is 0.846. The van der Waals surface area contributed by atoms with Crippen molar-refractivity contribution >= 4 is 29.2 Å². The molecule has 1 fully saturated rings. The van der Waals surface area contributed by atoms with E-state index in [2.05, 4.69) is 5.32 Å². The van der Waals surface area contributed by atoms with Crippen LogP contribution in [0.5, 0.6) is 5.75 Å². The molecule has 1 saturated heterocycles. The average molecular weight is 368 g/mol. The van der Waals surface area contributed by atoms with Gasteiger partial charge < -0.3 is 20.1 Å². The van der Waals surface area contributed by atoms with Crippen molar-refractivity contribution in [1.82, 2.24) is 0 Å². The van der Waals surface area contributed by atoms with Gasteiger partial charge in [0.15, 0.2) is 0 Å². The Morgan fingerprint density at radius 1 is 1.22 bits per heavy atom. The third-order valence-electron chi connectivity index (χ3n) is 4.60. The van der Waals surface area contributed by atoms with E-state index in [1.165, 1.54) is 13.2 Å². The van der Waals surface area contributed by atoms with Gasteiger partial charge in [0.05, 0.1) is 24.3 Å². The third kappa shape index (κ3) is 3.76. The number of aryl methyl sites for hydroxylation is 1. The first-order chi connectivity index (χ1) is 12.9. The van der Waals surface area contributed by atoms with Crippen LogP contribution in [0.25, 0.3) is 0 Å². The number of carboxylic acid groups (broad SMARTS) is 1. The fourth-order valence-electron chi connectivity index (χ4n) is 3.19. The number of aromatic carboxylic acids is 1. The molecule has 3 rings (SSSR count). The van der Waals surface area contributed by atoms with E-state index in [1.54, 1.807) is 36.1 Å². The number of para-hydroxylation sites is 2. The van der Waals surface area contributed by atoms with Gasteiger partial charge in [-0.1, -0.05) is 12.1 Å². The van der Waals surface area contributed by atoms with Crippen LogP contribution in [0.1, 0.15) is 22.3 Å². The number of benzene rings is 2. The van der Waals surface area contributed by atoms with Crippen molar-refractivity contribution in [1.29, 1.82) is 0 Å². The molecular weight excluding hydrogens is 348 g/mol. The lowest BCUT2D eigenvalue weighted by atomic mass is 10.1. The molecule has 2 aromatic rings. The van der Waals surface area contributed by atoms with Crippen molar-refractivity contribution in [2.24, 2.45) is 5.92 Å². The molecule has 27 heavy (non-hydrogen) atoms. The monoisotopic (exact) mass is 368 g/mol. The van der Waals surface area contributed by atoms with Crippen LogP contribution < -0.4 is 15.0 Å². The summed E-state index contributed by atoms with van der Waals surface area (Å²) in [6, 6.07) is 11.8. The molecule has 2 aromatic carbocycles. The number of rotatable bonds is 5. The summed E-state index contributed by atoms with van der Waals surface area (Å²) in [6.45, 7) is 1.93. The van der Waals surface area contributed by atoms with Crippen molar-refractivity contribution in [3.05, 3.63) is 53.6 Å². The van der Waals surface area contributed by atoms with Crippen LogP contribution in [0, 0.1) is 12.8 Å². The second-order valence-electron chi connectivity index (χ2n) is 6.40. The van der Waals surface area contributed by atoms with Crippen LogP contribution in [0.4, 0.5) is 11.4 Å². The predicted octanol–water partition coefficient (Wildman–Crippen LogP) is 2.69. The highest BCUT2D eigenvalue weighted by Crippen LogP contribution is 2.33. The number of hydrogen-bond acceptors (Lipinski definition) is 4. The first kappa shape index (κ1) is 18.4. The molecule has 7 heteroatoms. The normalized spacial score (nSPS) is 16.3. The van der Waals surface area contributed by atoms with Gasteiger partial charge in [0.2, 0.25) is 11.8 Å². The summed E-state index contributed by atoms with van der Waals surface area (Å²) in [5.74, 6) is -1.35. The fraction of sp³-hybridized carbons (Fsp3) is 0.250. The van der Waals surface area contributed by atoms with Crippen LogP contribution in [0.3, 0.4) is 0 Å². The standard InChI is InChI=1S/C20H20N2O5/c1-12-9-14(7-8-15(12)20(25)26)21-19(24)13-10-18(23)22(11-13)16-5-3-4-6-17(16)27-2/h3-9,13H,10-11H2,1-2H3,(H,21,24)(H,25,26). The maximum Gasteiger partial charge on any atom is 0.335 e. The lowest BCUT2D eigenvalue weighted by Crippen LogP contribution is -2.28. The molecule has 0 aliphatic carbocycles. The summed E-state index contributed by atoms with van der Waals surface area (Å²) >= 11 is 0. The first-order valence-corrected chi connectivity index (χ1v) is 8.49. The van der Waals surface area contributed by atoms with Gasteiger partial charge in [-0.25, -0.2) is 4.79 Å². The van der Waals surface area contributed by atoms with E-state index >= 15 is 0 Å². The van der Waals surface area contributed by atoms with Gasteiger partial charge in [0.25, 0.3) is 0 Å². The van der Waals surface area contributed by atoms with Crippen LogP contribution in [0.2, 0.25) is 0 Å². The molecule has 1 aliphatic heterocycles. The second-order valence-corrected chi connectivity index (χ2v) is 6.40. The molecule has 2 amide bonds. The van der Waals surface area contributed by atoms with E-state index < -0.39 is 11.9 Å². The maximum atomic E-state index is 12.6. The molecule has 1 unspecified atom stereocenters. The van der Waals surface area contributed by atoms with Crippen molar-refractivity contribution in [2.45, 2.75) is 13.3 Å². The Balaban J connectivity index is 1.73. The van der Waals surface area contributed by atoms with Crippen molar-refractivity contribution in [3.63, 3.8) is 0 Å². The highest BCUT2D eigenvalue weighted by atomic mass is 16.5. The van der Waals surface area contributed by atoms with Gasteiger partial charge in [0.1, 0.15) is 5.75 Å². The Hall–Kier alpha value is -3.35. The van der Waals surface area contributed by atoms with E-state index in [0.717, 1.165) is 0 Å². The second kappa shape index (κ2) is 7.49. The summed E-state index contributed by atoms with van der Waals surface area (Å²) in [6.07, 6.45) is 0.107. The summed E-state index contributed by atoms with van der Waals surface area (Å²) in [5, 5.41) is 11.8. The van der Waals surface area contributed by atoms with Gasteiger partial charge in [-0.3, -0.25) is 9.59 Å². The average Bonchev–Trinajstić information content (AvgIpc) is 3.03. The Morgan fingerprint density at radius 2 is 1.96 bits per heavy atom. The van der Waals surface area contributed by atoms with E-state index in [4.69, 9.17) is 9.84 Å². The SMILES string of the molecule is COc1ccccc1N1CC(C(=O)Nc2ccc(C(=O)O)c(C)c2)CC1=O. The Bertz CT molecular complexity index is 909. The van der Waals surface area contributed by atoms with E-state index in [-0.39, 0.29) is 30.3 Å². The zero-order valence-corrected chi connectivity index (χ0v) is 15.1. The number of nitrogens with one attached hydrogen (secondary N) is 1. The Labute approximate surface area is 156 Å². The van der Waals surface area contributed by atoms with Gasteiger partial charge in [-0.05, 0) is 42.8 Å². The minimum absolute atomic E-state index is 0.107. The summed E-state index contributed by atoms with van der Waals surface area (Å²) in [4.78, 5) is 37.6. The lowest BCUT2D eigenvalue weighted by Gasteiger charge is -2.19. The molecule has 0 aromatic heterocycles. The molecule has 7 nitrogen and oxygen atoms in total. The van der Waals surface area contributed by atoms with E-state index in [1.807, 2.05) is 12.1 Å². The smallest absolute Gasteiger partial charge is 0.335 e. The van der Waals surface area contributed by atoms with Gasteiger partial charge in [0, 0.05) is 18.7 Å². The zero-order valence-electron chi connectivity index (χ0n) is 15.1. The van der Waals surface area contributed by atoms with Crippen molar-refractivity contribution in [2.75, 3.05) is 23.9 Å². The zero-order chi connectivity index (χ0) is 19.6. The molecule has 1 atom stereocenters. The molecular formula is C20H20N2O5. The first-order valence-electron chi connectivity index (χ1n) is 8.49. The highest BCUT2D eigenvalue weighted by molar-refractivity contribution is 6.04. The van der Waals surface area contributed by atoms with Crippen LogP contribution in [0.15, 0.2) is 42.5 Å². The number of nitrogens with zero attached hydrogens (tertiary/aromatic N) is 1. The molecule has 2 N–H and O–H groups in total. The van der Waals surface area contributed by atoms with E-state index in [9.17, 15) is 14.4 Å². The Kier molecular flexibility index (Phi) is 5.12. The van der Waals surface area contributed by atoms with Gasteiger partial charge in [-0.15, -0.1) is 0 Å². The van der Waals surface area contributed by atoms with E-state index in [0.29, 0.717) is 22.7 Å². The minimum Gasteiger partial charge on any atom is -0.495 e. The maximum absolute atomic E-state index is 12.6. The summed E-state index contributed by atoms with van der Waals surface area (Å²) in [7, 11) is 1.53. The number of carbonyl (C=O) groups is 3. The number of amides is 2. The number of carbonyl (C=O) groups excluding carboxylic acids is 2. The molecule has 0 spiro atoms. The van der Waals surface area contributed by atoms with Crippen LogP contribution in [-0.4, -0.2) is 36.5 Å².